The second-order valence-corrected chi connectivity index (χ2v) is 5.74. The van der Waals surface area contributed by atoms with Crippen LogP contribution in [0.1, 0.15) is 27.4 Å². The number of hydrogen-bond donors (Lipinski definition) is 1. The number of carbonyl (C=O) groups is 1. The third-order valence-electron chi connectivity index (χ3n) is 3.67. The fraction of sp³-hybridized carbons (Fsp3) is 0.211. The van der Waals surface area contributed by atoms with Crippen molar-refractivity contribution in [2.45, 2.75) is 20.3 Å². The molecule has 0 fully saturated rings. The molecule has 1 heterocycles. The van der Waals surface area contributed by atoms with Crippen molar-refractivity contribution in [1.82, 2.24) is 15.5 Å². The molecular formula is C19H19N3O2. The van der Waals surface area contributed by atoms with Gasteiger partial charge < -0.3 is 9.73 Å². The summed E-state index contributed by atoms with van der Waals surface area (Å²) in [6.07, 6.45) is 0.496. The Labute approximate surface area is 140 Å². The summed E-state index contributed by atoms with van der Waals surface area (Å²) in [6.45, 7) is 4.45. The summed E-state index contributed by atoms with van der Waals surface area (Å²) in [6, 6.07) is 15.4. The molecule has 1 amide bonds. The van der Waals surface area contributed by atoms with Crippen LogP contribution < -0.4 is 5.32 Å². The van der Waals surface area contributed by atoms with Gasteiger partial charge >= 0.3 is 0 Å². The fourth-order valence-corrected chi connectivity index (χ4v) is 2.34. The Morgan fingerprint density at radius 1 is 1.04 bits per heavy atom. The van der Waals surface area contributed by atoms with Crippen LogP contribution in [0.3, 0.4) is 0 Å². The Kier molecular flexibility index (Phi) is 4.70. The van der Waals surface area contributed by atoms with E-state index in [2.05, 4.69) is 15.5 Å². The van der Waals surface area contributed by atoms with E-state index in [4.69, 9.17) is 4.42 Å². The van der Waals surface area contributed by atoms with E-state index in [0.29, 0.717) is 30.3 Å². The van der Waals surface area contributed by atoms with Gasteiger partial charge in [0.2, 0.25) is 11.8 Å². The van der Waals surface area contributed by atoms with Crippen molar-refractivity contribution in [3.05, 3.63) is 71.1 Å². The second-order valence-electron chi connectivity index (χ2n) is 5.74. The van der Waals surface area contributed by atoms with Crippen molar-refractivity contribution in [3.8, 4) is 11.5 Å². The van der Waals surface area contributed by atoms with E-state index in [1.165, 1.54) is 0 Å². The molecule has 3 aromatic rings. The van der Waals surface area contributed by atoms with E-state index in [-0.39, 0.29) is 5.91 Å². The highest BCUT2D eigenvalue weighted by molar-refractivity contribution is 5.94. The normalized spacial score (nSPS) is 10.6. The second kappa shape index (κ2) is 7.08. The van der Waals surface area contributed by atoms with E-state index in [9.17, 15) is 4.79 Å². The maximum Gasteiger partial charge on any atom is 0.251 e. The molecule has 0 radical (unpaired) electrons. The molecule has 5 nitrogen and oxygen atoms in total. The Morgan fingerprint density at radius 2 is 1.83 bits per heavy atom. The predicted octanol–water partition coefficient (Wildman–Crippen LogP) is 3.33. The molecule has 24 heavy (non-hydrogen) atoms. The summed E-state index contributed by atoms with van der Waals surface area (Å²) in [7, 11) is 0. The molecule has 2 aromatic carbocycles. The fourth-order valence-electron chi connectivity index (χ4n) is 2.34. The summed E-state index contributed by atoms with van der Waals surface area (Å²) in [5.41, 5.74) is 3.81. The Morgan fingerprint density at radius 3 is 2.58 bits per heavy atom. The molecule has 0 unspecified atom stereocenters. The van der Waals surface area contributed by atoms with Crippen LogP contribution in [0.2, 0.25) is 0 Å². The standard InChI is InChI=1S/C19H19N3O2/c1-13-6-8-15(9-7-13)18(23)20-11-10-17-21-22-19(24-17)16-5-3-4-14(2)12-16/h3-9,12H,10-11H2,1-2H3,(H,20,23). The van der Waals surface area contributed by atoms with E-state index in [1.807, 2.05) is 62.4 Å². The van der Waals surface area contributed by atoms with Gasteiger partial charge in [0, 0.05) is 24.1 Å². The molecule has 0 aliphatic rings. The lowest BCUT2D eigenvalue weighted by molar-refractivity contribution is 0.0953. The molecule has 122 valence electrons. The zero-order valence-electron chi connectivity index (χ0n) is 13.7. The number of aryl methyl sites for hydroxylation is 2. The highest BCUT2D eigenvalue weighted by Crippen LogP contribution is 2.18. The zero-order valence-corrected chi connectivity index (χ0v) is 13.7. The van der Waals surface area contributed by atoms with Gasteiger partial charge in [0.05, 0.1) is 0 Å². The number of nitrogens with one attached hydrogen (secondary N) is 1. The first kappa shape index (κ1) is 15.9. The minimum Gasteiger partial charge on any atom is -0.421 e. The minimum atomic E-state index is -0.103. The summed E-state index contributed by atoms with van der Waals surface area (Å²) in [5.74, 6) is 0.905. The first-order valence-electron chi connectivity index (χ1n) is 7.86. The molecule has 1 N–H and O–H groups in total. The van der Waals surface area contributed by atoms with Crippen LogP contribution in [0.15, 0.2) is 52.9 Å². The first-order valence-corrected chi connectivity index (χ1v) is 7.86. The van der Waals surface area contributed by atoms with Crippen LogP contribution in [0.25, 0.3) is 11.5 Å². The van der Waals surface area contributed by atoms with Gasteiger partial charge in [-0.15, -0.1) is 10.2 Å². The van der Waals surface area contributed by atoms with Crippen molar-refractivity contribution in [2.24, 2.45) is 0 Å². The van der Waals surface area contributed by atoms with Crippen molar-refractivity contribution in [2.75, 3.05) is 6.54 Å². The molecule has 0 saturated carbocycles. The van der Waals surface area contributed by atoms with Crippen molar-refractivity contribution in [3.63, 3.8) is 0 Å². The summed E-state index contributed by atoms with van der Waals surface area (Å²) < 4.78 is 5.65. The lowest BCUT2D eigenvalue weighted by Crippen LogP contribution is -2.25. The number of carbonyl (C=O) groups excluding carboxylic acids is 1. The average molecular weight is 321 g/mol. The monoisotopic (exact) mass is 321 g/mol. The van der Waals surface area contributed by atoms with Gasteiger partial charge in [-0.1, -0.05) is 35.4 Å². The van der Waals surface area contributed by atoms with Gasteiger partial charge in [0.25, 0.3) is 5.91 Å². The van der Waals surface area contributed by atoms with Crippen LogP contribution in [-0.4, -0.2) is 22.6 Å². The molecule has 0 bridgehead atoms. The maximum absolute atomic E-state index is 12.0. The average Bonchev–Trinajstić information content (AvgIpc) is 3.04. The summed E-state index contributed by atoms with van der Waals surface area (Å²) in [4.78, 5) is 12.0. The highest BCUT2D eigenvalue weighted by Gasteiger charge is 2.10. The highest BCUT2D eigenvalue weighted by atomic mass is 16.4. The van der Waals surface area contributed by atoms with E-state index < -0.39 is 0 Å². The smallest absolute Gasteiger partial charge is 0.251 e. The lowest BCUT2D eigenvalue weighted by atomic mass is 10.1. The zero-order chi connectivity index (χ0) is 16.9. The number of rotatable bonds is 5. The van der Waals surface area contributed by atoms with E-state index in [0.717, 1.165) is 16.7 Å². The topological polar surface area (TPSA) is 68.0 Å². The van der Waals surface area contributed by atoms with Crippen molar-refractivity contribution in [1.29, 1.82) is 0 Å². The molecule has 0 aliphatic carbocycles. The Balaban J connectivity index is 1.56. The summed E-state index contributed by atoms with van der Waals surface area (Å²) >= 11 is 0. The molecule has 0 atom stereocenters. The number of benzene rings is 2. The van der Waals surface area contributed by atoms with Gasteiger partial charge in [-0.3, -0.25) is 4.79 Å². The van der Waals surface area contributed by atoms with Gasteiger partial charge in [-0.25, -0.2) is 0 Å². The van der Waals surface area contributed by atoms with Crippen molar-refractivity contribution < 1.29 is 9.21 Å². The quantitative estimate of drug-likeness (QED) is 0.782. The van der Waals surface area contributed by atoms with Crippen LogP contribution in [-0.2, 0) is 6.42 Å². The number of hydrogen-bond acceptors (Lipinski definition) is 4. The lowest BCUT2D eigenvalue weighted by Gasteiger charge is -2.03. The van der Waals surface area contributed by atoms with Crippen LogP contribution in [0.4, 0.5) is 0 Å². The first-order chi connectivity index (χ1) is 11.6. The Bertz CT molecular complexity index is 838. The van der Waals surface area contributed by atoms with Gasteiger partial charge in [-0.2, -0.15) is 0 Å². The van der Waals surface area contributed by atoms with Gasteiger partial charge in [0.15, 0.2) is 0 Å². The molecule has 0 spiro atoms. The SMILES string of the molecule is Cc1ccc(C(=O)NCCc2nnc(-c3cccc(C)c3)o2)cc1. The predicted molar refractivity (Wildman–Crippen MR) is 91.7 cm³/mol. The van der Waals surface area contributed by atoms with E-state index >= 15 is 0 Å². The third kappa shape index (κ3) is 3.87. The van der Waals surface area contributed by atoms with Crippen LogP contribution in [0, 0.1) is 13.8 Å². The molecular weight excluding hydrogens is 302 g/mol. The van der Waals surface area contributed by atoms with Gasteiger partial charge in [-0.05, 0) is 38.1 Å². The molecule has 3 rings (SSSR count). The largest absolute Gasteiger partial charge is 0.421 e. The minimum absolute atomic E-state index is 0.103. The molecule has 0 saturated heterocycles. The van der Waals surface area contributed by atoms with Crippen LogP contribution >= 0.6 is 0 Å². The molecule has 5 heteroatoms. The molecule has 0 aliphatic heterocycles. The molecule has 1 aromatic heterocycles. The maximum atomic E-state index is 12.0. The summed E-state index contributed by atoms with van der Waals surface area (Å²) in [5, 5.41) is 11.0. The number of amides is 1. The third-order valence-corrected chi connectivity index (χ3v) is 3.67. The van der Waals surface area contributed by atoms with E-state index in [1.54, 1.807) is 0 Å². The van der Waals surface area contributed by atoms with Crippen LogP contribution in [0.5, 0.6) is 0 Å². The van der Waals surface area contributed by atoms with Crippen molar-refractivity contribution >= 4 is 5.91 Å². The van der Waals surface area contributed by atoms with Gasteiger partial charge in [0.1, 0.15) is 0 Å². The number of aromatic nitrogens is 2. The number of nitrogens with zero attached hydrogens (tertiary/aromatic N) is 2. The Hall–Kier alpha value is -2.95.